The van der Waals surface area contributed by atoms with E-state index in [2.05, 4.69) is 41.9 Å². The monoisotopic (exact) mass is 306 g/mol. The summed E-state index contributed by atoms with van der Waals surface area (Å²) in [5.41, 5.74) is 5.91. The minimum absolute atomic E-state index is 0.673. The van der Waals surface area contributed by atoms with Gasteiger partial charge in [0.2, 0.25) is 5.89 Å². The molecule has 0 unspecified atom stereocenters. The summed E-state index contributed by atoms with van der Waals surface area (Å²) in [5.74, 6) is 0.821. The first-order chi connectivity index (χ1) is 11.2. The fourth-order valence-electron chi connectivity index (χ4n) is 3.05. The molecule has 2 aromatic carbocycles. The molecule has 0 spiro atoms. The highest BCUT2D eigenvalue weighted by Crippen LogP contribution is 2.30. The third kappa shape index (κ3) is 3.15. The fraction of sp³-hybridized carbons (Fsp3) is 0.350. The van der Waals surface area contributed by atoms with E-state index >= 15 is 0 Å². The molecule has 1 saturated carbocycles. The van der Waals surface area contributed by atoms with Gasteiger partial charge in [-0.15, -0.1) is 0 Å². The number of hydrogen-bond acceptors (Lipinski definition) is 3. The van der Waals surface area contributed by atoms with Crippen molar-refractivity contribution in [1.29, 1.82) is 0 Å². The van der Waals surface area contributed by atoms with Crippen LogP contribution in [0.2, 0.25) is 0 Å². The van der Waals surface area contributed by atoms with Crippen molar-refractivity contribution in [2.24, 2.45) is 0 Å². The summed E-state index contributed by atoms with van der Waals surface area (Å²) in [7, 11) is 0. The molecule has 1 aromatic heterocycles. The van der Waals surface area contributed by atoms with E-state index in [1.165, 1.54) is 29.5 Å². The smallest absolute Gasteiger partial charge is 0.209 e. The molecule has 0 aliphatic heterocycles. The Hall–Kier alpha value is -2.13. The molecule has 3 nitrogen and oxygen atoms in total. The molecule has 4 rings (SSSR count). The normalized spacial score (nSPS) is 14.7. The molecular formula is C20H22N2O. The van der Waals surface area contributed by atoms with E-state index in [9.17, 15) is 0 Å². The second-order valence-electron chi connectivity index (χ2n) is 6.63. The van der Waals surface area contributed by atoms with Crippen molar-refractivity contribution in [3.63, 3.8) is 0 Å². The van der Waals surface area contributed by atoms with Gasteiger partial charge in [-0.1, -0.05) is 30.3 Å². The van der Waals surface area contributed by atoms with Gasteiger partial charge in [0.05, 0.1) is 6.54 Å². The first kappa shape index (κ1) is 14.5. The van der Waals surface area contributed by atoms with E-state index in [-0.39, 0.29) is 0 Å². The van der Waals surface area contributed by atoms with Gasteiger partial charge in [0.15, 0.2) is 5.58 Å². The number of hydrogen-bond donors (Lipinski definition) is 0. The predicted octanol–water partition coefficient (Wildman–Crippen LogP) is 4.61. The summed E-state index contributed by atoms with van der Waals surface area (Å²) in [5, 5.41) is 0. The van der Waals surface area contributed by atoms with E-state index in [1.54, 1.807) is 0 Å². The number of aryl methyl sites for hydroxylation is 2. The second-order valence-corrected chi connectivity index (χ2v) is 6.63. The van der Waals surface area contributed by atoms with Gasteiger partial charge in [0, 0.05) is 12.6 Å². The lowest BCUT2D eigenvalue weighted by molar-refractivity contribution is 0.223. The van der Waals surface area contributed by atoms with Crippen molar-refractivity contribution in [2.45, 2.75) is 45.8 Å². The molecule has 0 amide bonds. The minimum Gasteiger partial charge on any atom is -0.439 e. The molecule has 1 fully saturated rings. The van der Waals surface area contributed by atoms with Crippen LogP contribution in [0.5, 0.6) is 0 Å². The minimum atomic E-state index is 0.673. The predicted molar refractivity (Wildman–Crippen MR) is 92.2 cm³/mol. The summed E-state index contributed by atoms with van der Waals surface area (Å²) in [4.78, 5) is 7.12. The highest BCUT2D eigenvalue weighted by Gasteiger charge is 2.30. The summed E-state index contributed by atoms with van der Waals surface area (Å²) >= 11 is 0. The van der Waals surface area contributed by atoms with Crippen LogP contribution in [-0.2, 0) is 13.1 Å². The van der Waals surface area contributed by atoms with Gasteiger partial charge in [-0.3, -0.25) is 4.90 Å². The lowest BCUT2D eigenvalue weighted by Gasteiger charge is -2.20. The van der Waals surface area contributed by atoms with Crippen LogP contribution in [0.1, 0.15) is 35.4 Å². The Balaban J connectivity index is 1.54. The lowest BCUT2D eigenvalue weighted by Crippen LogP contribution is -2.25. The third-order valence-corrected chi connectivity index (χ3v) is 4.70. The average Bonchev–Trinajstić information content (AvgIpc) is 3.30. The zero-order valence-corrected chi connectivity index (χ0v) is 13.7. The maximum Gasteiger partial charge on any atom is 0.209 e. The number of oxazole rings is 1. The van der Waals surface area contributed by atoms with E-state index in [0.29, 0.717) is 6.04 Å². The van der Waals surface area contributed by atoms with Crippen LogP contribution in [0, 0.1) is 13.8 Å². The van der Waals surface area contributed by atoms with Crippen LogP contribution >= 0.6 is 0 Å². The van der Waals surface area contributed by atoms with Crippen molar-refractivity contribution in [1.82, 2.24) is 9.88 Å². The molecule has 0 saturated heterocycles. The number of para-hydroxylation sites is 2. The molecule has 118 valence electrons. The van der Waals surface area contributed by atoms with Gasteiger partial charge in [0.25, 0.3) is 0 Å². The van der Waals surface area contributed by atoms with Crippen LogP contribution in [0.15, 0.2) is 46.9 Å². The molecule has 1 heterocycles. The van der Waals surface area contributed by atoms with Crippen LogP contribution in [-0.4, -0.2) is 15.9 Å². The van der Waals surface area contributed by atoms with Gasteiger partial charge in [-0.25, -0.2) is 4.98 Å². The molecule has 1 aliphatic rings. The molecule has 0 bridgehead atoms. The second kappa shape index (κ2) is 5.82. The van der Waals surface area contributed by atoms with Crippen LogP contribution < -0.4 is 0 Å². The summed E-state index contributed by atoms with van der Waals surface area (Å²) in [6.45, 7) is 6.09. The standard InChI is InChI=1S/C20H22N2O/c1-14-7-8-16(11-15(14)2)12-22(17-9-10-17)13-20-21-18-5-3-4-6-19(18)23-20/h3-8,11,17H,9-10,12-13H2,1-2H3. The Kier molecular flexibility index (Phi) is 3.66. The maximum absolute atomic E-state index is 5.90. The Morgan fingerprint density at radius 2 is 1.87 bits per heavy atom. The first-order valence-electron chi connectivity index (χ1n) is 8.34. The van der Waals surface area contributed by atoms with Crippen LogP contribution in [0.4, 0.5) is 0 Å². The third-order valence-electron chi connectivity index (χ3n) is 4.70. The molecule has 3 heteroatoms. The summed E-state index contributed by atoms with van der Waals surface area (Å²) < 4.78 is 5.90. The SMILES string of the molecule is Cc1ccc(CN(Cc2nc3ccccc3o2)C2CC2)cc1C. The van der Waals surface area contributed by atoms with Crippen molar-refractivity contribution in [3.8, 4) is 0 Å². The number of nitrogens with zero attached hydrogens (tertiary/aromatic N) is 2. The van der Waals surface area contributed by atoms with Gasteiger partial charge in [-0.2, -0.15) is 0 Å². The highest BCUT2D eigenvalue weighted by molar-refractivity contribution is 5.72. The molecular weight excluding hydrogens is 284 g/mol. The fourth-order valence-corrected chi connectivity index (χ4v) is 3.05. The molecule has 0 radical (unpaired) electrons. The largest absolute Gasteiger partial charge is 0.439 e. The Morgan fingerprint density at radius 3 is 2.61 bits per heavy atom. The molecule has 23 heavy (non-hydrogen) atoms. The zero-order valence-electron chi connectivity index (χ0n) is 13.7. The summed E-state index contributed by atoms with van der Waals surface area (Å²) in [6, 6.07) is 15.4. The van der Waals surface area contributed by atoms with E-state index in [0.717, 1.165) is 30.1 Å². The van der Waals surface area contributed by atoms with E-state index in [1.807, 2.05) is 24.3 Å². The molecule has 1 aliphatic carbocycles. The highest BCUT2D eigenvalue weighted by atomic mass is 16.3. The number of fused-ring (bicyclic) bond motifs is 1. The Labute approximate surface area is 136 Å². The van der Waals surface area contributed by atoms with Crippen molar-refractivity contribution in [2.75, 3.05) is 0 Å². The van der Waals surface area contributed by atoms with Crippen molar-refractivity contribution >= 4 is 11.1 Å². The van der Waals surface area contributed by atoms with E-state index < -0.39 is 0 Å². The topological polar surface area (TPSA) is 29.3 Å². The van der Waals surface area contributed by atoms with Crippen LogP contribution in [0.3, 0.4) is 0 Å². The number of rotatable bonds is 5. The Morgan fingerprint density at radius 1 is 1.04 bits per heavy atom. The first-order valence-corrected chi connectivity index (χ1v) is 8.34. The Bertz CT molecular complexity index is 800. The quantitative estimate of drug-likeness (QED) is 0.689. The molecule has 3 aromatic rings. The van der Waals surface area contributed by atoms with Gasteiger partial charge in [0.1, 0.15) is 5.52 Å². The van der Waals surface area contributed by atoms with Crippen LogP contribution in [0.25, 0.3) is 11.1 Å². The average molecular weight is 306 g/mol. The van der Waals surface area contributed by atoms with Gasteiger partial charge in [-0.05, 0) is 55.5 Å². The molecule has 0 atom stereocenters. The van der Waals surface area contributed by atoms with Crippen molar-refractivity contribution in [3.05, 3.63) is 65.0 Å². The van der Waals surface area contributed by atoms with Gasteiger partial charge < -0.3 is 4.42 Å². The van der Waals surface area contributed by atoms with Crippen molar-refractivity contribution < 1.29 is 4.42 Å². The number of benzene rings is 2. The molecule has 0 N–H and O–H groups in total. The number of aromatic nitrogens is 1. The zero-order chi connectivity index (χ0) is 15.8. The lowest BCUT2D eigenvalue weighted by atomic mass is 10.1. The summed E-state index contributed by atoms with van der Waals surface area (Å²) in [6.07, 6.45) is 2.57. The van der Waals surface area contributed by atoms with Gasteiger partial charge >= 0.3 is 0 Å². The van der Waals surface area contributed by atoms with E-state index in [4.69, 9.17) is 4.42 Å². The maximum atomic E-state index is 5.90.